The molecule has 0 fully saturated rings. The number of ether oxygens (including phenoxy) is 2. The molecule has 0 atom stereocenters. The molecule has 0 aromatic heterocycles. The molecule has 0 aliphatic rings. The highest BCUT2D eigenvalue weighted by Gasteiger charge is 2.30. The Morgan fingerprint density at radius 2 is 1.68 bits per heavy atom. The van der Waals surface area contributed by atoms with Crippen LogP contribution in [0, 0.1) is 13.8 Å². The van der Waals surface area contributed by atoms with E-state index >= 15 is 0 Å². The van der Waals surface area contributed by atoms with Crippen LogP contribution in [0.5, 0.6) is 5.75 Å². The fourth-order valence-corrected chi connectivity index (χ4v) is 4.24. The maximum atomic E-state index is 13.3. The van der Waals surface area contributed by atoms with Crippen LogP contribution in [-0.2, 0) is 15.7 Å². The van der Waals surface area contributed by atoms with Gasteiger partial charge < -0.3 is 9.47 Å². The quantitative estimate of drug-likeness (QED) is 0.251. The Bertz CT molecular complexity index is 1190. The molecule has 178 valence electrons. The Morgan fingerprint density at radius 3 is 2.32 bits per heavy atom. The molecule has 0 unspecified atom stereocenters. The van der Waals surface area contributed by atoms with Crippen molar-refractivity contribution in [1.82, 2.24) is 0 Å². The van der Waals surface area contributed by atoms with Crippen LogP contribution in [0.15, 0.2) is 77.7 Å². The number of benzene rings is 3. The van der Waals surface area contributed by atoms with E-state index in [0.29, 0.717) is 17.1 Å². The summed E-state index contributed by atoms with van der Waals surface area (Å²) in [5, 5.41) is 0. The molecule has 0 saturated heterocycles. The fourth-order valence-electron chi connectivity index (χ4n) is 3.37. The Labute approximate surface area is 201 Å². The number of hydrogen-bond donors (Lipinski definition) is 0. The Morgan fingerprint density at radius 1 is 0.971 bits per heavy atom. The second-order valence-corrected chi connectivity index (χ2v) is 8.76. The number of methoxy groups -OCH3 is 1. The number of carbonyl (C=O) groups excluding carboxylic acids is 1. The second kappa shape index (κ2) is 11.3. The van der Waals surface area contributed by atoms with Crippen molar-refractivity contribution in [1.29, 1.82) is 0 Å². The number of esters is 1. The van der Waals surface area contributed by atoms with E-state index in [1.54, 1.807) is 23.9 Å². The minimum atomic E-state index is -4.41. The van der Waals surface area contributed by atoms with Crippen molar-refractivity contribution >= 4 is 23.3 Å². The molecule has 0 saturated carbocycles. The lowest BCUT2D eigenvalue weighted by molar-refractivity contribution is -0.143. The minimum Gasteiger partial charge on any atom is -0.482 e. The molecule has 34 heavy (non-hydrogen) atoms. The standard InChI is InChI=1S/C27H25F3O3S/c1-18-6-4-7-20(14-18)24(21-8-5-9-22(16-21)27(28,29)30)12-13-34-23-10-11-25(19(2)15-23)33-17-26(31)32-3/h4-12,14-16H,13,17H2,1-3H3/b24-12-. The number of thioether (sulfide) groups is 1. The van der Waals surface area contributed by atoms with Crippen molar-refractivity contribution in [3.8, 4) is 5.75 Å². The maximum Gasteiger partial charge on any atom is 0.416 e. The average molecular weight is 487 g/mol. The van der Waals surface area contributed by atoms with Crippen molar-refractivity contribution in [3.63, 3.8) is 0 Å². The number of alkyl halides is 3. The third kappa shape index (κ3) is 6.90. The molecule has 0 aliphatic heterocycles. The summed E-state index contributed by atoms with van der Waals surface area (Å²) in [5.74, 6) is 0.692. The molecular weight excluding hydrogens is 461 g/mol. The SMILES string of the molecule is COC(=O)COc1ccc(SC/C=C(/c2cccc(C)c2)c2cccc(C(F)(F)F)c2)cc1C. The van der Waals surface area contributed by atoms with Gasteiger partial charge in [0, 0.05) is 10.6 Å². The summed E-state index contributed by atoms with van der Waals surface area (Å²) in [5.41, 5.74) is 3.36. The zero-order valence-corrected chi connectivity index (χ0v) is 19.9. The fraction of sp³-hybridized carbons (Fsp3) is 0.222. The van der Waals surface area contributed by atoms with Crippen LogP contribution < -0.4 is 4.74 Å². The van der Waals surface area contributed by atoms with Gasteiger partial charge in [-0.1, -0.05) is 48.0 Å². The van der Waals surface area contributed by atoms with Gasteiger partial charge in [-0.2, -0.15) is 13.2 Å². The van der Waals surface area contributed by atoms with Gasteiger partial charge in [-0.25, -0.2) is 4.79 Å². The topological polar surface area (TPSA) is 35.5 Å². The summed E-state index contributed by atoms with van der Waals surface area (Å²) in [4.78, 5) is 12.3. The molecule has 3 rings (SSSR count). The van der Waals surface area contributed by atoms with Gasteiger partial charge >= 0.3 is 12.1 Å². The summed E-state index contributed by atoms with van der Waals surface area (Å²) in [6.07, 6.45) is -2.45. The highest BCUT2D eigenvalue weighted by Crippen LogP contribution is 2.33. The van der Waals surface area contributed by atoms with Gasteiger partial charge in [0.2, 0.25) is 0 Å². The summed E-state index contributed by atoms with van der Waals surface area (Å²) >= 11 is 1.56. The zero-order chi connectivity index (χ0) is 24.7. The maximum absolute atomic E-state index is 13.3. The smallest absolute Gasteiger partial charge is 0.416 e. The normalized spacial score (nSPS) is 11.9. The van der Waals surface area contributed by atoms with Crippen LogP contribution in [0.25, 0.3) is 5.57 Å². The molecule has 7 heteroatoms. The lowest BCUT2D eigenvalue weighted by atomic mass is 9.95. The van der Waals surface area contributed by atoms with E-state index in [1.165, 1.54) is 19.2 Å². The van der Waals surface area contributed by atoms with Gasteiger partial charge in [0.1, 0.15) is 5.75 Å². The van der Waals surface area contributed by atoms with Crippen LogP contribution in [0.4, 0.5) is 13.2 Å². The van der Waals surface area contributed by atoms with Crippen LogP contribution in [0.3, 0.4) is 0 Å². The van der Waals surface area contributed by atoms with Crippen molar-refractivity contribution in [2.75, 3.05) is 19.5 Å². The second-order valence-electron chi connectivity index (χ2n) is 7.67. The van der Waals surface area contributed by atoms with Crippen molar-refractivity contribution in [2.45, 2.75) is 24.9 Å². The van der Waals surface area contributed by atoms with Crippen LogP contribution in [-0.4, -0.2) is 25.4 Å². The van der Waals surface area contributed by atoms with E-state index in [0.717, 1.165) is 33.2 Å². The number of halogens is 3. The molecule has 3 nitrogen and oxygen atoms in total. The van der Waals surface area contributed by atoms with Crippen LogP contribution in [0.1, 0.15) is 27.8 Å². The van der Waals surface area contributed by atoms with E-state index in [-0.39, 0.29) is 6.61 Å². The Kier molecular flexibility index (Phi) is 8.45. The lowest BCUT2D eigenvalue weighted by Crippen LogP contribution is -2.12. The Balaban J connectivity index is 1.83. The molecule has 3 aromatic rings. The first-order valence-electron chi connectivity index (χ1n) is 10.6. The molecule has 0 radical (unpaired) electrons. The number of carbonyl (C=O) groups is 1. The predicted octanol–water partition coefficient (Wildman–Crippen LogP) is 7.10. The number of rotatable bonds is 8. The molecule has 0 N–H and O–H groups in total. The van der Waals surface area contributed by atoms with Crippen LogP contribution in [0.2, 0.25) is 0 Å². The first-order chi connectivity index (χ1) is 16.2. The average Bonchev–Trinajstić information content (AvgIpc) is 2.80. The summed E-state index contributed by atoms with van der Waals surface area (Å²) < 4.78 is 50.0. The Hall–Kier alpha value is -3.19. The predicted molar refractivity (Wildman–Crippen MR) is 129 cm³/mol. The van der Waals surface area contributed by atoms with Gasteiger partial charge in [-0.3, -0.25) is 0 Å². The van der Waals surface area contributed by atoms with Crippen molar-refractivity contribution < 1.29 is 27.4 Å². The monoisotopic (exact) mass is 486 g/mol. The van der Waals surface area contributed by atoms with E-state index in [2.05, 4.69) is 4.74 Å². The largest absolute Gasteiger partial charge is 0.482 e. The highest BCUT2D eigenvalue weighted by atomic mass is 32.2. The van der Waals surface area contributed by atoms with Gasteiger partial charge in [-0.15, -0.1) is 11.8 Å². The number of aryl methyl sites for hydroxylation is 2. The van der Waals surface area contributed by atoms with E-state index in [4.69, 9.17) is 4.74 Å². The molecule has 0 bridgehead atoms. The van der Waals surface area contributed by atoms with Crippen LogP contribution >= 0.6 is 11.8 Å². The lowest BCUT2D eigenvalue weighted by Gasteiger charge is -2.13. The van der Waals surface area contributed by atoms with Gasteiger partial charge in [0.05, 0.1) is 12.7 Å². The van der Waals surface area contributed by atoms with Crippen molar-refractivity contribution in [2.24, 2.45) is 0 Å². The molecular formula is C27H25F3O3S. The van der Waals surface area contributed by atoms with Gasteiger partial charge in [-0.05, 0) is 66.4 Å². The van der Waals surface area contributed by atoms with Gasteiger partial charge in [0.25, 0.3) is 0 Å². The minimum absolute atomic E-state index is 0.163. The highest BCUT2D eigenvalue weighted by molar-refractivity contribution is 7.99. The first kappa shape index (κ1) is 25.4. The summed E-state index contributed by atoms with van der Waals surface area (Å²) in [6, 6.07) is 18.8. The first-order valence-corrected chi connectivity index (χ1v) is 11.5. The third-order valence-electron chi connectivity index (χ3n) is 5.09. The molecule has 0 spiro atoms. The van der Waals surface area contributed by atoms with Gasteiger partial charge in [0.15, 0.2) is 6.61 Å². The summed E-state index contributed by atoms with van der Waals surface area (Å²) in [6.45, 7) is 3.67. The van der Waals surface area contributed by atoms with E-state index in [1.807, 2.05) is 56.3 Å². The molecule has 0 heterocycles. The zero-order valence-electron chi connectivity index (χ0n) is 19.1. The molecule has 0 amide bonds. The third-order valence-corrected chi connectivity index (χ3v) is 6.01. The molecule has 0 aliphatic carbocycles. The van der Waals surface area contributed by atoms with E-state index < -0.39 is 17.7 Å². The molecule has 3 aromatic carbocycles. The summed E-state index contributed by atoms with van der Waals surface area (Å²) in [7, 11) is 1.30. The number of hydrogen-bond acceptors (Lipinski definition) is 4. The van der Waals surface area contributed by atoms with E-state index in [9.17, 15) is 18.0 Å². The van der Waals surface area contributed by atoms with Crippen molar-refractivity contribution in [3.05, 3.63) is 101 Å².